The summed E-state index contributed by atoms with van der Waals surface area (Å²) in [7, 11) is 0. The molecule has 0 aliphatic rings. The number of hydrogen-bond donors (Lipinski definition) is 1. The first-order chi connectivity index (χ1) is 5.72. The largest absolute Gasteiger partial charge is 0.481 e. The molecule has 0 saturated carbocycles. The second-order valence-corrected chi connectivity index (χ2v) is 2.47. The van der Waals surface area contributed by atoms with Crippen LogP contribution in [0.3, 0.4) is 0 Å². The van der Waals surface area contributed by atoms with E-state index in [2.05, 4.69) is 5.92 Å². The highest BCUT2D eigenvalue weighted by Crippen LogP contribution is 2.12. The Labute approximate surface area is 72.0 Å². The molecule has 1 N–H and O–H groups in total. The summed E-state index contributed by atoms with van der Waals surface area (Å²) in [6.07, 6.45) is 6.60. The average molecular weight is 165 g/mol. The van der Waals surface area contributed by atoms with Crippen molar-refractivity contribution in [2.24, 2.45) is 5.92 Å². The van der Waals surface area contributed by atoms with Crippen molar-refractivity contribution in [2.75, 3.05) is 0 Å². The van der Waals surface area contributed by atoms with E-state index in [1.165, 1.54) is 0 Å². The van der Waals surface area contributed by atoms with E-state index >= 15 is 0 Å². The summed E-state index contributed by atoms with van der Waals surface area (Å²) in [4.78, 5) is 10.5. The van der Waals surface area contributed by atoms with Crippen molar-refractivity contribution in [1.82, 2.24) is 0 Å². The summed E-state index contributed by atoms with van der Waals surface area (Å²) in [5, 5.41) is 16.9. The highest BCUT2D eigenvalue weighted by Gasteiger charge is 2.15. The number of nitriles is 1. The van der Waals surface area contributed by atoms with Crippen LogP contribution in [-0.4, -0.2) is 11.1 Å². The lowest BCUT2D eigenvalue weighted by Gasteiger charge is -2.06. The highest BCUT2D eigenvalue weighted by atomic mass is 16.4. The third-order valence-electron chi connectivity index (χ3n) is 1.59. The van der Waals surface area contributed by atoms with Crippen molar-refractivity contribution in [3.63, 3.8) is 0 Å². The quantitative estimate of drug-likeness (QED) is 0.626. The zero-order valence-corrected chi connectivity index (χ0v) is 6.79. The predicted molar refractivity (Wildman–Crippen MR) is 44.0 cm³/mol. The summed E-state index contributed by atoms with van der Waals surface area (Å²) in [6, 6.07) is 1.91. The molecule has 3 nitrogen and oxygen atoms in total. The first kappa shape index (κ1) is 10.5. The van der Waals surface area contributed by atoms with Crippen molar-refractivity contribution >= 4 is 5.97 Å². The minimum Gasteiger partial charge on any atom is -0.481 e. The second-order valence-electron chi connectivity index (χ2n) is 2.47. The predicted octanol–water partition coefficient (Wildman–Crippen LogP) is 1.40. The zero-order valence-electron chi connectivity index (χ0n) is 6.79. The molecule has 0 aliphatic heterocycles. The number of hydrogen-bond acceptors (Lipinski definition) is 2. The molecule has 0 aromatic carbocycles. The fourth-order valence-electron chi connectivity index (χ4n) is 0.888. The van der Waals surface area contributed by atoms with E-state index < -0.39 is 11.9 Å². The number of terminal acetylenes is 1. The monoisotopic (exact) mass is 165 g/mol. The first-order valence-corrected chi connectivity index (χ1v) is 3.75. The van der Waals surface area contributed by atoms with Crippen molar-refractivity contribution in [3.05, 3.63) is 0 Å². The van der Waals surface area contributed by atoms with E-state index in [-0.39, 0.29) is 6.42 Å². The third-order valence-corrected chi connectivity index (χ3v) is 1.59. The molecular formula is C9H11NO2. The van der Waals surface area contributed by atoms with Gasteiger partial charge in [-0.05, 0) is 12.8 Å². The van der Waals surface area contributed by atoms with Crippen LogP contribution in [0.4, 0.5) is 0 Å². The number of carboxylic acids is 1. The smallest absolute Gasteiger partial charge is 0.306 e. The molecule has 0 bridgehead atoms. The standard InChI is InChI=1S/C9H11NO2/c1-2-3-5-8(9(11)12)6-4-7-10/h1,8H,3-6H2,(H,11,12). The maximum Gasteiger partial charge on any atom is 0.306 e. The fourth-order valence-corrected chi connectivity index (χ4v) is 0.888. The van der Waals surface area contributed by atoms with Crippen LogP contribution in [0.15, 0.2) is 0 Å². The summed E-state index contributed by atoms with van der Waals surface area (Å²) in [5.74, 6) is 1.06. The van der Waals surface area contributed by atoms with Gasteiger partial charge in [0.15, 0.2) is 0 Å². The highest BCUT2D eigenvalue weighted by molar-refractivity contribution is 5.69. The molecule has 1 atom stereocenters. The molecule has 1 unspecified atom stereocenters. The van der Waals surface area contributed by atoms with Crippen LogP contribution >= 0.6 is 0 Å². The Morgan fingerprint density at radius 1 is 1.50 bits per heavy atom. The normalized spacial score (nSPS) is 11.2. The summed E-state index contributed by atoms with van der Waals surface area (Å²) >= 11 is 0. The Hall–Kier alpha value is -1.48. The van der Waals surface area contributed by atoms with Crippen molar-refractivity contribution in [2.45, 2.75) is 25.7 Å². The maximum absolute atomic E-state index is 10.5. The molecular weight excluding hydrogens is 154 g/mol. The van der Waals surface area contributed by atoms with Crippen LogP contribution in [0.25, 0.3) is 0 Å². The Kier molecular flexibility index (Phi) is 5.47. The maximum atomic E-state index is 10.5. The number of carbonyl (C=O) groups is 1. The van der Waals surface area contributed by atoms with E-state index in [1.54, 1.807) is 0 Å². The van der Waals surface area contributed by atoms with E-state index in [0.717, 1.165) is 0 Å². The van der Waals surface area contributed by atoms with E-state index in [9.17, 15) is 4.79 Å². The van der Waals surface area contributed by atoms with Gasteiger partial charge in [-0.2, -0.15) is 5.26 Å². The van der Waals surface area contributed by atoms with E-state index in [1.807, 2.05) is 6.07 Å². The molecule has 0 fully saturated rings. The number of rotatable bonds is 5. The van der Waals surface area contributed by atoms with Crippen LogP contribution in [0.5, 0.6) is 0 Å². The molecule has 64 valence electrons. The van der Waals surface area contributed by atoms with Crippen molar-refractivity contribution < 1.29 is 9.90 Å². The molecule has 0 rings (SSSR count). The van der Waals surface area contributed by atoms with Gasteiger partial charge >= 0.3 is 5.97 Å². The Morgan fingerprint density at radius 3 is 2.50 bits per heavy atom. The average Bonchev–Trinajstić information content (AvgIpc) is 2.04. The number of nitrogens with zero attached hydrogens (tertiary/aromatic N) is 1. The van der Waals surface area contributed by atoms with Crippen LogP contribution < -0.4 is 0 Å². The lowest BCUT2D eigenvalue weighted by atomic mass is 9.98. The van der Waals surface area contributed by atoms with Gasteiger partial charge in [0.05, 0.1) is 12.0 Å². The SMILES string of the molecule is C#CCCC(CCC#N)C(=O)O. The lowest BCUT2D eigenvalue weighted by Crippen LogP contribution is -2.13. The molecule has 12 heavy (non-hydrogen) atoms. The van der Waals surface area contributed by atoms with Crippen molar-refractivity contribution in [1.29, 1.82) is 5.26 Å². The Bertz CT molecular complexity index is 204. The third kappa shape index (κ3) is 4.35. The molecule has 0 aromatic heterocycles. The molecule has 0 aromatic rings. The molecule has 0 amide bonds. The number of carboxylic acid groups (broad SMARTS) is 1. The van der Waals surface area contributed by atoms with E-state index in [0.29, 0.717) is 19.3 Å². The minimum absolute atomic E-state index is 0.279. The zero-order chi connectivity index (χ0) is 9.40. The van der Waals surface area contributed by atoms with Crippen molar-refractivity contribution in [3.8, 4) is 18.4 Å². The van der Waals surface area contributed by atoms with Gasteiger partial charge in [0.25, 0.3) is 0 Å². The molecule has 0 radical (unpaired) electrons. The van der Waals surface area contributed by atoms with Gasteiger partial charge in [0.1, 0.15) is 0 Å². The van der Waals surface area contributed by atoms with Gasteiger partial charge in [-0.25, -0.2) is 0 Å². The summed E-state index contributed by atoms with van der Waals surface area (Å²) in [6.45, 7) is 0. The molecule has 3 heteroatoms. The molecule has 0 aliphatic carbocycles. The second kappa shape index (κ2) is 6.24. The number of aliphatic carboxylic acids is 1. The summed E-state index contributed by atoms with van der Waals surface area (Å²) in [5.41, 5.74) is 0. The Morgan fingerprint density at radius 2 is 2.08 bits per heavy atom. The Balaban J connectivity index is 3.82. The van der Waals surface area contributed by atoms with Gasteiger partial charge in [0, 0.05) is 12.8 Å². The summed E-state index contributed by atoms with van der Waals surface area (Å²) < 4.78 is 0. The molecule has 0 heterocycles. The topological polar surface area (TPSA) is 61.1 Å². The van der Waals surface area contributed by atoms with Gasteiger partial charge in [0.2, 0.25) is 0 Å². The van der Waals surface area contributed by atoms with Crippen LogP contribution in [0, 0.1) is 29.6 Å². The molecule has 0 spiro atoms. The van der Waals surface area contributed by atoms with Gasteiger partial charge in [-0.1, -0.05) is 0 Å². The minimum atomic E-state index is -0.861. The van der Waals surface area contributed by atoms with Crippen LogP contribution in [0.2, 0.25) is 0 Å². The fraction of sp³-hybridized carbons (Fsp3) is 0.556. The van der Waals surface area contributed by atoms with Crippen LogP contribution in [-0.2, 0) is 4.79 Å². The van der Waals surface area contributed by atoms with E-state index in [4.69, 9.17) is 16.8 Å². The van der Waals surface area contributed by atoms with Gasteiger partial charge in [-0.15, -0.1) is 12.3 Å². The first-order valence-electron chi connectivity index (χ1n) is 3.75. The van der Waals surface area contributed by atoms with Gasteiger partial charge in [-0.3, -0.25) is 4.79 Å². The van der Waals surface area contributed by atoms with Gasteiger partial charge < -0.3 is 5.11 Å². The lowest BCUT2D eigenvalue weighted by molar-refractivity contribution is -0.142. The molecule has 0 saturated heterocycles. The van der Waals surface area contributed by atoms with Crippen LogP contribution in [0.1, 0.15) is 25.7 Å².